The standard InChI is InChI=1S/C12H21NO3/c1-3-15-12(16-4-2)11(14)7-10-13-8-5-6-9-13/h7,10,12H,3-6,8-9H2,1-2H3/b10-7+. The molecule has 1 aliphatic rings. The van der Waals surface area contributed by atoms with Crippen molar-refractivity contribution in [1.29, 1.82) is 0 Å². The number of ketones is 1. The molecule has 0 atom stereocenters. The molecule has 0 bridgehead atoms. The maximum absolute atomic E-state index is 11.7. The van der Waals surface area contributed by atoms with Crippen LogP contribution in [0.4, 0.5) is 0 Å². The first-order valence-corrected chi connectivity index (χ1v) is 5.97. The van der Waals surface area contributed by atoms with E-state index in [-0.39, 0.29) is 5.78 Å². The van der Waals surface area contributed by atoms with Gasteiger partial charge in [0.25, 0.3) is 0 Å². The highest BCUT2D eigenvalue weighted by molar-refractivity contribution is 5.92. The van der Waals surface area contributed by atoms with E-state index in [1.165, 1.54) is 12.8 Å². The van der Waals surface area contributed by atoms with Gasteiger partial charge in [-0.05, 0) is 26.7 Å². The zero-order valence-corrected chi connectivity index (χ0v) is 10.1. The molecular weight excluding hydrogens is 206 g/mol. The number of carbonyl (C=O) groups excluding carboxylic acids is 1. The second-order valence-electron chi connectivity index (χ2n) is 3.70. The van der Waals surface area contributed by atoms with Gasteiger partial charge < -0.3 is 14.4 Å². The van der Waals surface area contributed by atoms with Crippen LogP contribution in [0.25, 0.3) is 0 Å². The third kappa shape index (κ3) is 4.33. The van der Waals surface area contributed by atoms with E-state index >= 15 is 0 Å². The molecule has 92 valence electrons. The summed E-state index contributed by atoms with van der Waals surface area (Å²) in [6.07, 6.45) is 5.08. The zero-order chi connectivity index (χ0) is 11.8. The summed E-state index contributed by atoms with van der Waals surface area (Å²) < 4.78 is 10.4. The minimum Gasteiger partial charge on any atom is -0.377 e. The molecule has 0 aromatic heterocycles. The number of rotatable bonds is 7. The summed E-state index contributed by atoms with van der Waals surface area (Å²) >= 11 is 0. The molecule has 0 radical (unpaired) electrons. The van der Waals surface area contributed by atoms with Crippen LogP contribution < -0.4 is 0 Å². The Labute approximate surface area is 97.2 Å². The lowest BCUT2D eigenvalue weighted by Crippen LogP contribution is -2.26. The monoisotopic (exact) mass is 227 g/mol. The van der Waals surface area contributed by atoms with Gasteiger partial charge in [-0.1, -0.05) is 0 Å². The lowest BCUT2D eigenvalue weighted by atomic mass is 10.3. The topological polar surface area (TPSA) is 38.8 Å². The molecule has 0 aliphatic carbocycles. The van der Waals surface area contributed by atoms with Crippen LogP contribution in [0.5, 0.6) is 0 Å². The third-order valence-corrected chi connectivity index (χ3v) is 2.46. The lowest BCUT2D eigenvalue weighted by Gasteiger charge is -2.14. The highest BCUT2D eigenvalue weighted by atomic mass is 16.7. The van der Waals surface area contributed by atoms with Gasteiger partial charge in [0, 0.05) is 38.6 Å². The predicted molar refractivity (Wildman–Crippen MR) is 62.0 cm³/mol. The van der Waals surface area contributed by atoms with Gasteiger partial charge in [0.15, 0.2) is 0 Å². The van der Waals surface area contributed by atoms with Gasteiger partial charge in [-0.3, -0.25) is 4.79 Å². The van der Waals surface area contributed by atoms with Crippen molar-refractivity contribution in [3.63, 3.8) is 0 Å². The average Bonchev–Trinajstić information content (AvgIpc) is 2.78. The van der Waals surface area contributed by atoms with Crippen molar-refractivity contribution in [1.82, 2.24) is 4.90 Å². The normalized spacial score (nSPS) is 16.6. The second-order valence-corrected chi connectivity index (χ2v) is 3.70. The second kappa shape index (κ2) is 7.41. The van der Waals surface area contributed by atoms with E-state index in [2.05, 4.69) is 4.90 Å². The molecule has 0 amide bonds. The van der Waals surface area contributed by atoms with Crippen LogP contribution in [-0.4, -0.2) is 43.3 Å². The molecule has 0 N–H and O–H groups in total. The fraction of sp³-hybridized carbons (Fsp3) is 0.750. The molecule has 0 saturated carbocycles. The maximum atomic E-state index is 11.7. The summed E-state index contributed by atoms with van der Waals surface area (Å²) in [6.45, 7) is 6.74. The largest absolute Gasteiger partial charge is 0.377 e. The van der Waals surface area contributed by atoms with Crippen molar-refractivity contribution in [3.05, 3.63) is 12.3 Å². The Bertz CT molecular complexity index is 228. The molecular formula is C12H21NO3. The van der Waals surface area contributed by atoms with E-state index in [1.54, 1.807) is 6.08 Å². The molecule has 0 unspecified atom stereocenters. The maximum Gasteiger partial charge on any atom is 0.222 e. The molecule has 16 heavy (non-hydrogen) atoms. The molecule has 1 saturated heterocycles. The Kier molecular flexibility index (Phi) is 6.11. The summed E-state index contributed by atoms with van der Waals surface area (Å²) in [4.78, 5) is 13.9. The van der Waals surface area contributed by atoms with Crippen molar-refractivity contribution < 1.29 is 14.3 Å². The van der Waals surface area contributed by atoms with E-state index < -0.39 is 6.29 Å². The molecule has 0 spiro atoms. The Morgan fingerprint density at radius 3 is 2.31 bits per heavy atom. The summed E-state index contributed by atoms with van der Waals surface area (Å²) in [5.74, 6) is -0.115. The van der Waals surface area contributed by atoms with E-state index in [1.807, 2.05) is 20.0 Å². The van der Waals surface area contributed by atoms with Crippen LogP contribution in [0.15, 0.2) is 12.3 Å². The lowest BCUT2D eigenvalue weighted by molar-refractivity contribution is -0.162. The SMILES string of the molecule is CCOC(OCC)C(=O)/C=C/N1CCCC1. The fourth-order valence-electron chi connectivity index (χ4n) is 1.66. The van der Waals surface area contributed by atoms with Gasteiger partial charge in [0.05, 0.1) is 0 Å². The van der Waals surface area contributed by atoms with Gasteiger partial charge in [-0.25, -0.2) is 0 Å². The molecule has 1 fully saturated rings. The first-order valence-electron chi connectivity index (χ1n) is 5.97. The van der Waals surface area contributed by atoms with E-state index in [0.29, 0.717) is 13.2 Å². The third-order valence-electron chi connectivity index (χ3n) is 2.46. The number of nitrogens with zero attached hydrogens (tertiary/aromatic N) is 1. The smallest absolute Gasteiger partial charge is 0.222 e. The van der Waals surface area contributed by atoms with Gasteiger partial charge in [0.2, 0.25) is 12.1 Å². The van der Waals surface area contributed by atoms with Gasteiger partial charge in [0.1, 0.15) is 0 Å². The van der Waals surface area contributed by atoms with Crippen LogP contribution in [-0.2, 0) is 14.3 Å². The van der Waals surface area contributed by atoms with E-state index in [4.69, 9.17) is 9.47 Å². The van der Waals surface area contributed by atoms with Gasteiger partial charge in [-0.15, -0.1) is 0 Å². The molecule has 0 aromatic rings. The Hall–Kier alpha value is -0.870. The summed E-state index contributed by atoms with van der Waals surface area (Å²) in [7, 11) is 0. The van der Waals surface area contributed by atoms with Crippen molar-refractivity contribution in [2.45, 2.75) is 33.0 Å². The minimum atomic E-state index is -0.742. The van der Waals surface area contributed by atoms with E-state index in [9.17, 15) is 4.79 Å². The molecule has 0 aromatic carbocycles. The molecule has 4 nitrogen and oxygen atoms in total. The van der Waals surface area contributed by atoms with Gasteiger partial charge in [-0.2, -0.15) is 0 Å². The summed E-state index contributed by atoms with van der Waals surface area (Å²) in [6, 6.07) is 0. The quantitative estimate of drug-likeness (QED) is 0.489. The van der Waals surface area contributed by atoms with Crippen LogP contribution in [0.3, 0.4) is 0 Å². The highest BCUT2D eigenvalue weighted by Gasteiger charge is 2.16. The molecule has 4 heteroatoms. The van der Waals surface area contributed by atoms with Crippen molar-refractivity contribution in [2.24, 2.45) is 0 Å². The van der Waals surface area contributed by atoms with Crippen LogP contribution >= 0.6 is 0 Å². The van der Waals surface area contributed by atoms with Crippen molar-refractivity contribution >= 4 is 5.78 Å². The van der Waals surface area contributed by atoms with Gasteiger partial charge >= 0.3 is 0 Å². The van der Waals surface area contributed by atoms with Crippen molar-refractivity contribution in [3.8, 4) is 0 Å². The number of hydrogen-bond donors (Lipinski definition) is 0. The average molecular weight is 227 g/mol. The number of likely N-dealkylation sites (tertiary alicyclic amines) is 1. The molecule has 1 rings (SSSR count). The summed E-state index contributed by atoms with van der Waals surface area (Å²) in [5.41, 5.74) is 0. The summed E-state index contributed by atoms with van der Waals surface area (Å²) in [5, 5.41) is 0. The molecule has 1 heterocycles. The van der Waals surface area contributed by atoms with E-state index in [0.717, 1.165) is 13.1 Å². The Balaban J connectivity index is 2.40. The van der Waals surface area contributed by atoms with Crippen LogP contribution in [0.2, 0.25) is 0 Å². The predicted octanol–water partition coefficient (Wildman–Crippen LogP) is 1.56. The number of hydrogen-bond acceptors (Lipinski definition) is 4. The Morgan fingerprint density at radius 2 is 1.81 bits per heavy atom. The number of carbonyl (C=O) groups is 1. The Morgan fingerprint density at radius 1 is 1.25 bits per heavy atom. The minimum absolute atomic E-state index is 0.115. The highest BCUT2D eigenvalue weighted by Crippen LogP contribution is 2.08. The first kappa shape index (κ1) is 13.2. The first-order chi connectivity index (χ1) is 7.77. The number of ether oxygens (including phenoxy) is 2. The van der Waals surface area contributed by atoms with Crippen LogP contribution in [0.1, 0.15) is 26.7 Å². The van der Waals surface area contributed by atoms with Crippen LogP contribution in [0, 0.1) is 0 Å². The zero-order valence-electron chi connectivity index (χ0n) is 10.1. The van der Waals surface area contributed by atoms with Crippen molar-refractivity contribution in [2.75, 3.05) is 26.3 Å². The fourth-order valence-corrected chi connectivity index (χ4v) is 1.66. The molecule has 1 aliphatic heterocycles.